The Bertz CT molecular complexity index is 181. The minimum absolute atomic E-state index is 0.0150. The Morgan fingerprint density at radius 3 is 2.46 bits per heavy atom. The van der Waals surface area contributed by atoms with E-state index >= 15 is 0 Å². The lowest BCUT2D eigenvalue weighted by Crippen LogP contribution is -2.51. The highest BCUT2D eigenvalue weighted by atomic mass is 16.5. The summed E-state index contributed by atoms with van der Waals surface area (Å²) in [6.07, 6.45) is 1.05. The van der Waals surface area contributed by atoms with Crippen molar-refractivity contribution < 1.29 is 9.53 Å². The van der Waals surface area contributed by atoms with Gasteiger partial charge in [0.05, 0.1) is 13.0 Å². The van der Waals surface area contributed by atoms with Gasteiger partial charge in [0.2, 0.25) is 0 Å². The molecule has 1 saturated heterocycles. The third kappa shape index (κ3) is 2.21. The summed E-state index contributed by atoms with van der Waals surface area (Å²) in [5.74, 6) is 0.347. The van der Waals surface area contributed by atoms with Crippen LogP contribution >= 0.6 is 0 Å². The van der Waals surface area contributed by atoms with Crippen molar-refractivity contribution in [1.29, 1.82) is 0 Å². The first-order chi connectivity index (χ1) is 6.06. The number of rotatable bonds is 1. The summed E-state index contributed by atoms with van der Waals surface area (Å²) in [7, 11) is 1.46. The van der Waals surface area contributed by atoms with Crippen LogP contribution in [0.4, 0.5) is 0 Å². The average molecular weight is 185 g/mol. The van der Waals surface area contributed by atoms with Crippen LogP contribution in [-0.4, -0.2) is 25.2 Å². The first-order valence-corrected chi connectivity index (χ1v) is 4.90. The first kappa shape index (κ1) is 10.5. The Morgan fingerprint density at radius 2 is 2.00 bits per heavy atom. The smallest absolute Gasteiger partial charge is 0.310 e. The second-order valence-corrected chi connectivity index (χ2v) is 4.12. The van der Waals surface area contributed by atoms with Crippen LogP contribution in [0.2, 0.25) is 0 Å². The van der Waals surface area contributed by atoms with Crippen molar-refractivity contribution in [2.45, 2.75) is 39.3 Å². The molecule has 4 unspecified atom stereocenters. The summed E-state index contributed by atoms with van der Waals surface area (Å²) in [5.41, 5.74) is 0. The topological polar surface area (TPSA) is 38.3 Å². The van der Waals surface area contributed by atoms with Gasteiger partial charge in [0.15, 0.2) is 0 Å². The fraction of sp³-hybridized carbons (Fsp3) is 0.900. The molecular formula is C10H19NO2. The van der Waals surface area contributed by atoms with Gasteiger partial charge in [0.1, 0.15) is 0 Å². The van der Waals surface area contributed by atoms with Gasteiger partial charge in [-0.25, -0.2) is 0 Å². The number of nitrogens with one attached hydrogen (secondary N) is 1. The van der Waals surface area contributed by atoms with E-state index in [-0.39, 0.29) is 17.9 Å². The molecule has 1 rings (SSSR count). The van der Waals surface area contributed by atoms with Gasteiger partial charge in [-0.2, -0.15) is 0 Å². The number of carbonyl (C=O) groups excluding carboxylic acids is 1. The Labute approximate surface area is 79.8 Å². The van der Waals surface area contributed by atoms with E-state index in [4.69, 9.17) is 4.74 Å². The second kappa shape index (κ2) is 4.09. The highest BCUT2D eigenvalue weighted by molar-refractivity contribution is 5.73. The van der Waals surface area contributed by atoms with E-state index in [2.05, 4.69) is 19.2 Å². The fourth-order valence-electron chi connectivity index (χ4n) is 2.39. The molecule has 0 radical (unpaired) electrons. The molecule has 3 nitrogen and oxygen atoms in total. The molecule has 0 aromatic carbocycles. The predicted molar refractivity (Wildman–Crippen MR) is 51.3 cm³/mol. The number of piperidine rings is 1. The molecule has 0 aromatic rings. The molecule has 1 aliphatic heterocycles. The standard InChI is InChI=1S/C10H19NO2/c1-6-5-7(2)11-8(3)9(6)10(12)13-4/h6-9,11H,5H2,1-4H3. The van der Waals surface area contributed by atoms with Gasteiger partial charge in [0.25, 0.3) is 0 Å². The zero-order valence-corrected chi connectivity index (χ0v) is 8.83. The highest BCUT2D eigenvalue weighted by Crippen LogP contribution is 2.27. The van der Waals surface area contributed by atoms with Crippen LogP contribution in [0.15, 0.2) is 0 Å². The Morgan fingerprint density at radius 1 is 1.38 bits per heavy atom. The van der Waals surface area contributed by atoms with Crippen molar-refractivity contribution in [3.05, 3.63) is 0 Å². The van der Waals surface area contributed by atoms with E-state index in [1.165, 1.54) is 7.11 Å². The fourth-order valence-corrected chi connectivity index (χ4v) is 2.39. The molecule has 1 N–H and O–H groups in total. The van der Waals surface area contributed by atoms with E-state index in [0.29, 0.717) is 12.0 Å². The third-order valence-corrected chi connectivity index (χ3v) is 2.90. The zero-order chi connectivity index (χ0) is 10.0. The Kier molecular flexibility index (Phi) is 3.31. The molecule has 0 aromatic heterocycles. The summed E-state index contributed by atoms with van der Waals surface area (Å²) in [6.45, 7) is 6.32. The Balaban J connectivity index is 2.66. The number of esters is 1. The monoisotopic (exact) mass is 185 g/mol. The third-order valence-electron chi connectivity index (χ3n) is 2.90. The van der Waals surface area contributed by atoms with Gasteiger partial charge in [-0.3, -0.25) is 4.79 Å². The minimum atomic E-state index is -0.0839. The molecular weight excluding hydrogens is 166 g/mol. The van der Waals surface area contributed by atoms with Gasteiger partial charge >= 0.3 is 5.97 Å². The van der Waals surface area contributed by atoms with Crippen molar-refractivity contribution in [2.24, 2.45) is 11.8 Å². The number of methoxy groups -OCH3 is 1. The number of ether oxygens (including phenoxy) is 1. The lowest BCUT2D eigenvalue weighted by Gasteiger charge is -2.37. The van der Waals surface area contributed by atoms with Gasteiger partial charge in [-0.15, -0.1) is 0 Å². The summed E-state index contributed by atoms with van der Waals surface area (Å²) in [4.78, 5) is 11.4. The van der Waals surface area contributed by atoms with Crippen LogP contribution < -0.4 is 5.32 Å². The largest absolute Gasteiger partial charge is 0.469 e. The van der Waals surface area contributed by atoms with Gasteiger partial charge in [-0.05, 0) is 26.2 Å². The summed E-state index contributed by atoms with van der Waals surface area (Å²) < 4.78 is 4.79. The van der Waals surface area contributed by atoms with Crippen LogP contribution in [0.25, 0.3) is 0 Å². The second-order valence-electron chi connectivity index (χ2n) is 4.12. The average Bonchev–Trinajstić information content (AvgIpc) is 2.02. The maximum Gasteiger partial charge on any atom is 0.310 e. The lowest BCUT2D eigenvalue weighted by atomic mass is 9.80. The molecule has 76 valence electrons. The van der Waals surface area contributed by atoms with E-state index in [0.717, 1.165) is 6.42 Å². The van der Waals surface area contributed by atoms with E-state index in [9.17, 15) is 4.79 Å². The van der Waals surface area contributed by atoms with Crippen LogP contribution in [0.5, 0.6) is 0 Å². The highest BCUT2D eigenvalue weighted by Gasteiger charge is 2.36. The van der Waals surface area contributed by atoms with E-state index in [1.807, 2.05) is 6.92 Å². The van der Waals surface area contributed by atoms with Gasteiger partial charge in [-0.1, -0.05) is 6.92 Å². The van der Waals surface area contributed by atoms with E-state index < -0.39 is 0 Å². The van der Waals surface area contributed by atoms with Crippen LogP contribution in [0.1, 0.15) is 27.2 Å². The molecule has 1 heterocycles. The van der Waals surface area contributed by atoms with Crippen molar-refractivity contribution in [3.63, 3.8) is 0 Å². The van der Waals surface area contributed by atoms with Gasteiger partial charge in [0, 0.05) is 12.1 Å². The number of hydrogen-bond acceptors (Lipinski definition) is 3. The molecule has 0 amide bonds. The predicted octanol–water partition coefficient (Wildman–Crippen LogP) is 1.18. The van der Waals surface area contributed by atoms with Crippen LogP contribution in [-0.2, 0) is 9.53 Å². The molecule has 4 atom stereocenters. The maximum atomic E-state index is 11.4. The van der Waals surface area contributed by atoms with Crippen molar-refractivity contribution >= 4 is 5.97 Å². The zero-order valence-electron chi connectivity index (χ0n) is 8.83. The van der Waals surface area contributed by atoms with E-state index in [1.54, 1.807) is 0 Å². The molecule has 1 aliphatic rings. The van der Waals surface area contributed by atoms with Crippen molar-refractivity contribution in [2.75, 3.05) is 7.11 Å². The Hall–Kier alpha value is -0.570. The lowest BCUT2D eigenvalue weighted by molar-refractivity contribution is -0.149. The van der Waals surface area contributed by atoms with Crippen LogP contribution in [0.3, 0.4) is 0 Å². The molecule has 0 aliphatic carbocycles. The quantitative estimate of drug-likeness (QED) is 0.623. The normalized spacial score (nSPS) is 40.0. The summed E-state index contributed by atoms with van der Waals surface area (Å²) >= 11 is 0. The number of carbonyl (C=O) groups is 1. The van der Waals surface area contributed by atoms with Gasteiger partial charge < -0.3 is 10.1 Å². The molecule has 3 heteroatoms. The molecule has 13 heavy (non-hydrogen) atoms. The molecule has 1 fully saturated rings. The number of hydrogen-bond donors (Lipinski definition) is 1. The SMILES string of the molecule is COC(=O)C1C(C)CC(C)NC1C. The summed E-state index contributed by atoms with van der Waals surface area (Å²) in [6, 6.07) is 0.733. The first-order valence-electron chi connectivity index (χ1n) is 4.90. The molecule has 0 bridgehead atoms. The van der Waals surface area contributed by atoms with Crippen LogP contribution in [0, 0.1) is 11.8 Å². The maximum absolute atomic E-state index is 11.4. The van der Waals surface area contributed by atoms with Crippen molar-refractivity contribution in [3.8, 4) is 0 Å². The summed E-state index contributed by atoms with van der Waals surface area (Å²) in [5, 5.41) is 3.37. The molecule has 0 spiro atoms. The minimum Gasteiger partial charge on any atom is -0.469 e. The van der Waals surface area contributed by atoms with Crippen molar-refractivity contribution in [1.82, 2.24) is 5.32 Å². The molecule has 0 saturated carbocycles.